The Morgan fingerprint density at radius 3 is 2.86 bits per heavy atom. The Kier molecular flexibility index (Phi) is 3.07. The molecular formula is C15H10FN3OS. The number of nitrogens with zero attached hydrogens (tertiary/aromatic N) is 2. The minimum Gasteiger partial charge on any atom is -0.310 e. The molecule has 0 saturated heterocycles. The van der Waals surface area contributed by atoms with Crippen molar-refractivity contribution in [2.75, 3.05) is 0 Å². The smallest absolute Gasteiger partial charge is 0.259 e. The largest absolute Gasteiger partial charge is 0.310 e. The summed E-state index contributed by atoms with van der Waals surface area (Å²) >= 11 is 1.37. The van der Waals surface area contributed by atoms with Crippen LogP contribution in [-0.4, -0.2) is 9.97 Å². The van der Waals surface area contributed by atoms with E-state index in [0.29, 0.717) is 21.6 Å². The maximum absolute atomic E-state index is 13.4. The fraction of sp³-hybridized carbons (Fsp3) is 0.133. The summed E-state index contributed by atoms with van der Waals surface area (Å²) in [6.07, 6.45) is 0. The van der Waals surface area contributed by atoms with E-state index in [1.54, 1.807) is 13.0 Å². The van der Waals surface area contributed by atoms with Crippen LogP contribution < -0.4 is 5.56 Å². The molecule has 21 heavy (non-hydrogen) atoms. The number of thiophene rings is 1. The van der Waals surface area contributed by atoms with E-state index in [1.165, 1.54) is 23.5 Å². The molecule has 0 aliphatic carbocycles. The summed E-state index contributed by atoms with van der Waals surface area (Å²) in [4.78, 5) is 20.5. The summed E-state index contributed by atoms with van der Waals surface area (Å²) in [7, 11) is 0. The molecule has 3 rings (SSSR count). The minimum atomic E-state index is -0.549. The number of rotatable bonds is 1. The van der Waals surface area contributed by atoms with Crippen molar-refractivity contribution in [3.8, 4) is 16.5 Å². The molecule has 104 valence electrons. The molecule has 6 heteroatoms. The lowest BCUT2D eigenvalue weighted by Gasteiger charge is -2.01. The lowest BCUT2D eigenvalue weighted by molar-refractivity contribution is 0.624. The van der Waals surface area contributed by atoms with Gasteiger partial charge in [-0.15, -0.1) is 11.3 Å². The van der Waals surface area contributed by atoms with Gasteiger partial charge in [0.15, 0.2) is 0 Å². The predicted octanol–water partition coefficient (Wildman–Crippen LogP) is 3.28. The van der Waals surface area contributed by atoms with E-state index in [4.69, 9.17) is 5.26 Å². The molecule has 0 spiro atoms. The van der Waals surface area contributed by atoms with Gasteiger partial charge in [0.05, 0.1) is 10.9 Å². The molecule has 2 heterocycles. The van der Waals surface area contributed by atoms with Crippen molar-refractivity contribution in [3.63, 3.8) is 0 Å². The first-order valence-electron chi connectivity index (χ1n) is 6.21. The van der Waals surface area contributed by atoms with Crippen LogP contribution in [0.2, 0.25) is 0 Å². The number of aromatic amines is 1. The molecule has 0 saturated carbocycles. The number of hydrogen-bond acceptors (Lipinski definition) is 4. The van der Waals surface area contributed by atoms with Crippen molar-refractivity contribution >= 4 is 21.6 Å². The second-order valence-corrected chi connectivity index (χ2v) is 5.69. The summed E-state index contributed by atoms with van der Waals surface area (Å²) < 4.78 is 13.4. The number of fused-ring (bicyclic) bond motifs is 1. The van der Waals surface area contributed by atoms with Gasteiger partial charge in [-0.25, -0.2) is 9.37 Å². The standard InChI is InChI=1S/C15H10FN3OS/c1-7-12-14(20)18-8(2)19-15(12)21-13(7)9-3-4-11(16)10(5-9)6-17/h3-5H,1-2H3,(H,18,19,20). The summed E-state index contributed by atoms with van der Waals surface area (Å²) in [5.74, 6) is 0.00366. The molecule has 1 N–H and O–H groups in total. The maximum Gasteiger partial charge on any atom is 0.259 e. The number of aryl methyl sites for hydroxylation is 2. The lowest BCUT2D eigenvalue weighted by atomic mass is 10.1. The number of nitrogens with one attached hydrogen (secondary N) is 1. The van der Waals surface area contributed by atoms with Crippen LogP contribution in [0.15, 0.2) is 23.0 Å². The summed E-state index contributed by atoms with van der Waals surface area (Å²) in [5, 5.41) is 9.47. The summed E-state index contributed by atoms with van der Waals surface area (Å²) in [6, 6.07) is 6.19. The van der Waals surface area contributed by atoms with E-state index >= 15 is 0 Å². The Hall–Kier alpha value is -2.52. The zero-order valence-corrected chi connectivity index (χ0v) is 12.1. The van der Waals surface area contributed by atoms with Crippen LogP contribution in [0.3, 0.4) is 0 Å². The zero-order chi connectivity index (χ0) is 15.1. The molecule has 0 unspecified atom stereocenters. The third kappa shape index (κ3) is 2.12. The third-order valence-corrected chi connectivity index (χ3v) is 4.50. The Bertz CT molecular complexity index is 965. The molecular weight excluding hydrogens is 289 g/mol. The Morgan fingerprint density at radius 1 is 1.38 bits per heavy atom. The van der Waals surface area contributed by atoms with E-state index in [0.717, 1.165) is 10.4 Å². The van der Waals surface area contributed by atoms with Crippen molar-refractivity contribution in [2.24, 2.45) is 0 Å². The van der Waals surface area contributed by atoms with E-state index in [-0.39, 0.29) is 11.1 Å². The molecule has 0 radical (unpaired) electrons. The maximum atomic E-state index is 13.4. The van der Waals surface area contributed by atoms with Crippen LogP contribution in [0.4, 0.5) is 4.39 Å². The molecule has 0 atom stereocenters. The van der Waals surface area contributed by atoms with Crippen LogP contribution >= 0.6 is 11.3 Å². The second-order valence-electron chi connectivity index (χ2n) is 4.69. The lowest BCUT2D eigenvalue weighted by Crippen LogP contribution is -2.08. The van der Waals surface area contributed by atoms with E-state index in [9.17, 15) is 9.18 Å². The molecule has 2 aromatic heterocycles. The van der Waals surface area contributed by atoms with Crippen molar-refractivity contribution in [1.82, 2.24) is 9.97 Å². The summed E-state index contributed by atoms with van der Waals surface area (Å²) in [6.45, 7) is 3.55. The highest BCUT2D eigenvalue weighted by molar-refractivity contribution is 7.22. The molecule has 0 bridgehead atoms. The van der Waals surface area contributed by atoms with E-state index < -0.39 is 5.82 Å². The number of halogens is 1. The Labute approximate surface area is 123 Å². The first-order chi connectivity index (χ1) is 10.0. The van der Waals surface area contributed by atoms with Gasteiger partial charge in [-0.2, -0.15) is 5.26 Å². The van der Waals surface area contributed by atoms with Crippen molar-refractivity contribution in [1.29, 1.82) is 5.26 Å². The number of aromatic nitrogens is 2. The predicted molar refractivity (Wildman–Crippen MR) is 79.8 cm³/mol. The van der Waals surface area contributed by atoms with Crippen molar-refractivity contribution in [3.05, 3.63) is 51.3 Å². The van der Waals surface area contributed by atoms with E-state index in [1.807, 2.05) is 13.0 Å². The highest BCUT2D eigenvalue weighted by Crippen LogP contribution is 2.36. The van der Waals surface area contributed by atoms with Crippen LogP contribution in [0.25, 0.3) is 20.7 Å². The fourth-order valence-electron chi connectivity index (χ4n) is 2.28. The van der Waals surface area contributed by atoms with Crippen LogP contribution in [0.5, 0.6) is 0 Å². The average Bonchev–Trinajstić information content (AvgIpc) is 2.76. The van der Waals surface area contributed by atoms with Crippen LogP contribution in [0.1, 0.15) is 17.0 Å². The van der Waals surface area contributed by atoms with Crippen molar-refractivity contribution < 1.29 is 4.39 Å². The Morgan fingerprint density at radius 2 is 2.14 bits per heavy atom. The molecule has 3 aromatic rings. The highest BCUT2D eigenvalue weighted by atomic mass is 32.1. The quantitative estimate of drug-likeness (QED) is 0.749. The molecule has 0 amide bonds. The molecule has 4 nitrogen and oxygen atoms in total. The highest BCUT2D eigenvalue weighted by Gasteiger charge is 2.16. The first kappa shape index (κ1) is 13.5. The van der Waals surface area contributed by atoms with Gasteiger partial charge in [0.25, 0.3) is 5.56 Å². The molecule has 0 aliphatic heterocycles. The Balaban J connectivity index is 2.32. The SMILES string of the molecule is Cc1nc2sc(-c3ccc(F)c(C#N)c3)c(C)c2c(=O)[nH]1. The van der Waals surface area contributed by atoms with Gasteiger partial charge >= 0.3 is 0 Å². The van der Waals surface area contributed by atoms with Gasteiger partial charge < -0.3 is 4.98 Å². The van der Waals surface area contributed by atoms with Gasteiger partial charge in [0.1, 0.15) is 22.5 Å². The monoisotopic (exact) mass is 299 g/mol. The number of H-pyrrole nitrogens is 1. The van der Waals surface area contributed by atoms with E-state index in [2.05, 4.69) is 9.97 Å². The number of hydrogen-bond donors (Lipinski definition) is 1. The van der Waals surface area contributed by atoms with Gasteiger partial charge in [0, 0.05) is 4.88 Å². The molecule has 0 fully saturated rings. The fourth-order valence-corrected chi connectivity index (χ4v) is 3.50. The molecule has 0 aliphatic rings. The zero-order valence-electron chi connectivity index (χ0n) is 11.3. The molecule has 1 aromatic carbocycles. The first-order valence-corrected chi connectivity index (χ1v) is 7.03. The second kappa shape index (κ2) is 4.79. The normalized spacial score (nSPS) is 10.8. The third-order valence-electron chi connectivity index (χ3n) is 3.27. The summed E-state index contributed by atoms with van der Waals surface area (Å²) in [5.41, 5.74) is 1.31. The number of nitriles is 1. The van der Waals surface area contributed by atoms with Gasteiger partial charge in [-0.3, -0.25) is 4.79 Å². The minimum absolute atomic E-state index is 0.0117. The van der Waals surface area contributed by atoms with Gasteiger partial charge in [-0.1, -0.05) is 6.07 Å². The number of benzene rings is 1. The average molecular weight is 299 g/mol. The van der Waals surface area contributed by atoms with Crippen molar-refractivity contribution in [2.45, 2.75) is 13.8 Å². The van der Waals surface area contributed by atoms with Gasteiger partial charge in [0.2, 0.25) is 0 Å². The van der Waals surface area contributed by atoms with Gasteiger partial charge in [-0.05, 0) is 37.1 Å². The topological polar surface area (TPSA) is 69.5 Å². The van der Waals surface area contributed by atoms with Crippen LogP contribution in [-0.2, 0) is 0 Å². The van der Waals surface area contributed by atoms with Crippen LogP contribution in [0, 0.1) is 31.0 Å².